The van der Waals surface area contributed by atoms with Crippen molar-refractivity contribution >= 4 is 19.8 Å². The number of rotatable bonds is 46. The van der Waals surface area contributed by atoms with Crippen LogP contribution in [0, 0.1) is 0 Å². The van der Waals surface area contributed by atoms with Gasteiger partial charge in [-0.2, -0.15) is 0 Å². The quantitative estimate of drug-likeness (QED) is 0.0163. The Morgan fingerprint density at radius 3 is 1.20 bits per heavy atom. The molecule has 0 spiro atoms. The summed E-state index contributed by atoms with van der Waals surface area (Å²) in [6.07, 6.45) is 1.78. The molecular weight excluding hydrogens is 1100 g/mol. The van der Waals surface area contributed by atoms with Crippen molar-refractivity contribution < 1.29 is 113 Å². The highest BCUT2D eigenvalue weighted by atomic mass is 31.2. The highest BCUT2D eigenvalue weighted by molar-refractivity contribution is 7.47. The van der Waals surface area contributed by atoms with E-state index in [9.17, 15) is 75.2 Å². The Bertz CT molecular complexity index is 1680. The van der Waals surface area contributed by atoms with Crippen molar-refractivity contribution in [1.29, 1.82) is 0 Å². The third-order valence-corrected chi connectivity index (χ3v) is 16.6. The van der Waals surface area contributed by atoms with Crippen LogP contribution in [-0.4, -0.2) is 204 Å². The van der Waals surface area contributed by atoms with E-state index in [1.165, 1.54) is 103 Å². The zero-order chi connectivity index (χ0) is 60.3. The maximum absolute atomic E-state index is 14.1. The van der Waals surface area contributed by atoms with Crippen LogP contribution < -0.4 is 0 Å². The lowest BCUT2D eigenvalue weighted by Gasteiger charge is -2.49. The van der Waals surface area contributed by atoms with Crippen molar-refractivity contribution in [2.24, 2.45) is 0 Å². The molecule has 0 aromatic rings. The Balaban J connectivity index is 1.68. The number of phosphoric acid groups is 1. The average molecular weight is 1200 g/mol. The van der Waals surface area contributed by atoms with E-state index in [4.69, 9.17) is 37.5 Å². The fraction of sp³-hybridized carbons (Fsp3) is 0.931. The van der Waals surface area contributed by atoms with Gasteiger partial charge >= 0.3 is 19.8 Å². The number of allylic oxidation sites excluding steroid dienone is 2. The standard InChI is InChI=1S/C58H107O23P/c1-3-5-7-9-11-13-15-17-19-21-22-24-26-28-30-32-34-43(61)74-38-40(76-44(62)35-33-31-29-27-25-23-20-18-16-14-12-10-8-6-4-2)39-75-82(72,73)81-56-54(79-57-52(70)47(65)45(63)41(36-59)77-57)50(68)49(67)51(69)55(56)80-58-53(71)48(66)46(64)42(37-60)78-58/h19,21,40-42,45-60,63-71H,3-18,20,22-39H2,1-2H3,(H,72,73)/b21-19-/t40-,41?,42?,45-,46+,47?,48?,49?,50?,51?,52-,53+,54-,55?,56?,57-,58+/m1/s1. The minimum atomic E-state index is -5.64. The molecule has 3 rings (SSSR count). The number of hydrogen-bond acceptors (Lipinski definition) is 22. The Labute approximate surface area is 486 Å². The lowest BCUT2D eigenvalue weighted by Crippen LogP contribution is -2.69. The first-order chi connectivity index (χ1) is 39.4. The first kappa shape index (κ1) is 74.4. The molecule has 2 heterocycles. The molecule has 1 saturated carbocycles. The summed E-state index contributed by atoms with van der Waals surface area (Å²) < 4.78 is 58.2. The zero-order valence-electron chi connectivity index (χ0n) is 49.0. The van der Waals surface area contributed by atoms with Gasteiger partial charge in [0.15, 0.2) is 18.7 Å². The smallest absolute Gasteiger partial charge is 0.462 e. The molecule has 12 N–H and O–H groups in total. The molecule has 0 aromatic heterocycles. The first-order valence-corrected chi connectivity index (χ1v) is 32.5. The van der Waals surface area contributed by atoms with Gasteiger partial charge in [-0.05, 0) is 38.5 Å². The van der Waals surface area contributed by atoms with E-state index in [1.807, 2.05) is 0 Å². The molecule has 0 aromatic carbocycles. The molecule has 24 heteroatoms. The number of aliphatic hydroxyl groups excluding tert-OH is 11. The lowest BCUT2D eigenvalue weighted by molar-refractivity contribution is -0.360. The van der Waals surface area contributed by atoms with E-state index >= 15 is 0 Å². The maximum atomic E-state index is 14.1. The summed E-state index contributed by atoms with van der Waals surface area (Å²) in [6, 6.07) is 0. The van der Waals surface area contributed by atoms with Crippen LogP contribution >= 0.6 is 7.82 Å². The summed E-state index contributed by atoms with van der Waals surface area (Å²) in [4.78, 5) is 37.6. The number of hydrogen-bond donors (Lipinski definition) is 12. The second-order valence-electron chi connectivity index (χ2n) is 22.6. The van der Waals surface area contributed by atoms with E-state index in [2.05, 4.69) is 26.0 Å². The lowest BCUT2D eigenvalue weighted by atomic mass is 9.84. The number of ether oxygens (including phenoxy) is 6. The molecule has 3 aliphatic rings. The fourth-order valence-corrected chi connectivity index (χ4v) is 11.4. The Hall–Kier alpha value is -1.81. The summed E-state index contributed by atoms with van der Waals surface area (Å²) in [5, 5.41) is 117. The summed E-state index contributed by atoms with van der Waals surface area (Å²) in [5.41, 5.74) is 0. The number of phosphoric ester groups is 1. The van der Waals surface area contributed by atoms with Crippen molar-refractivity contribution in [3.63, 3.8) is 0 Å². The van der Waals surface area contributed by atoms with Crippen molar-refractivity contribution in [3.8, 4) is 0 Å². The van der Waals surface area contributed by atoms with E-state index in [0.29, 0.717) is 12.8 Å². The summed E-state index contributed by atoms with van der Waals surface area (Å²) in [7, 11) is -5.64. The third-order valence-electron chi connectivity index (χ3n) is 15.6. The van der Waals surface area contributed by atoms with E-state index < -0.39 is 150 Å². The number of aliphatic hydroxyl groups is 11. The average Bonchev–Trinajstić information content (AvgIpc) is 3.64. The van der Waals surface area contributed by atoms with Crippen LogP contribution in [-0.2, 0) is 51.6 Å². The van der Waals surface area contributed by atoms with Crippen molar-refractivity contribution in [1.82, 2.24) is 0 Å². The Morgan fingerprint density at radius 1 is 0.451 bits per heavy atom. The van der Waals surface area contributed by atoms with E-state index in [1.54, 1.807) is 0 Å². The van der Waals surface area contributed by atoms with Gasteiger partial charge in [-0.15, -0.1) is 0 Å². The molecule has 2 aliphatic heterocycles. The van der Waals surface area contributed by atoms with E-state index in [-0.39, 0.29) is 12.8 Å². The zero-order valence-corrected chi connectivity index (χ0v) is 49.9. The van der Waals surface area contributed by atoms with Gasteiger partial charge in [0.1, 0.15) is 92.1 Å². The largest absolute Gasteiger partial charge is 0.472 e. The Kier molecular flexibility index (Phi) is 39.0. The van der Waals surface area contributed by atoms with Gasteiger partial charge in [0, 0.05) is 12.8 Å². The molecule has 23 nitrogen and oxygen atoms in total. The second kappa shape index (κ2) is 42.9. The van der Waals surface area contributed by atoms with Crippen LogP contribution in [0.3, 0.4) is 0 Å². The summed E-state index contributed by atoms with van der Waals surface area (Å²) in [5.74, 6) is -1.33. The summed E-state index contributed by atoms with van der Waals surface area (Å²) in [6.45, 7) is 1.02. The SMILES string of the molecule is CCCCCCCCC/C=C\CCCCCCCC(=O)OC[C@H](COP(=O)(O)OC1C(O[C@@H]2OC(CO)[C@H](O)C(O)[C@@H]2O)C(O)C(O)C(O)[C@H]1O[C@H]1OC(CO)[C@@H](O)C(O)[C@H]1O)OC(=O)CCCCCCCCCCCCCCCCC. The molecular formula is C58H107O23P. The number of unbranched alkanes of at least 4 members (excludes halogenated alkanes) is 26. The van der Waals surface area contributed by atoms with Crippen molar-refractivity contribution in [2.45, 2.75) is 317 Å². The van der Waals surface area contributed by atoms with Gasteiger partial charge in [0.05, 0.1) is 19.8 Å². The third kappa shape index (κ3) is 27.9. The first-order valence-electron chi connectivity index (χ1n) is 31.0. The van der Waals surface area contributed by atoms with Crippen LogP contribution in [0.25, 0.3) is 0 Å². The highest BCUT2D eigenvalue weighted by Gasteiger charge is 2.58. The molecule has 482 valence electrons. The second-order valence-corrected chi connectivity index (χ2v) is 24.0. The molecule has 2 saturated heterocycles. The topological polar surface area (TPSA) is 368 Å². The monoisotopic (exact) mass is 1200 g/mol. The molecule has 82 heavy (non-hydrogen) atoms. The molecule has 0 radical (unpaired) electrons. The molecule has 3 fully saturated rings. The molecule has 10 unspecified atom stereocenters. The number of esters is 2. The van der Waals surface area contributed by atoms with Gasteiger partial charge < -0.3 is 89.5 Å². The van der Waals surface area contributed by atoms with Crippen LogP contribution in [0.15, 0.2) is 12.2 Å². The highest BCUT2D eigenvalue weighted by Crippen LogP contribution is 2.49. The predicted octanol–water partition coefficient (Wildman–Crippen LogP) is 5.10. The van der Waals surface area contributed by atoms with Gasteiger partial charge in [-0.3, -0.25) is 18.6 Å². The van der Waals surface area contributed by atoms with Crippen LogP contribution in [0.2, 0.25) is 0 Å². The van der Waals surface area contributed by atoms with Gasteiger partial charge in [-0.25, -0.2) is 4.57 Å². The maximum Gasteiger partial charge on any atom is 0.472 e. The van der Waals surface area contributed by atoms with Crippen LogP contribution in [0.4, 0.5) is 0 Å². The van der Waals surface area contributed by atoms with Crippen molar-refractivity contribution in [2.75, 3.05) is 26.4 Å². The number of carbonyl (C=O) groups excluding carboxylic acids is 2. The van der Waals surface area contributed by atoms with E-state index in [0.717, 1.165) is 70.6 Å². The summed E-state index contributed by atoms with van der Waals surface area (Å²) >= 11 is 0. The van der Waals surface area contributed by atoms with Gasteiger partial charge in [0.2, 0.25) is 0 Å². The molecule has 18 atom stereocenters. The molecule has 0 bridgehead atoms. The van der Waals surface area contributed by atoms with Gasteiger partial charge in [0.25, 0.3) is 0 Å². The van der Waals surface area contributed by atoms with Crippen LogP contribution in [0.5, 0.6) is 0 Å². The fourth-order valence-electron chi connectivity index (χ4n) is 10.4. The minimum Gasteiger partial charge on any atom is -0.462 e. The van der Waals surface area contributed by atoms with Gasteiger partial charge in [-0.1, -0.05) is 174 Å². The predicted molar refractivity (Wildman–Crippen MR) is 300 cm³/mol. The minimum absolute atomic E-state index is 0.0287. The van der Waals surface area contributed by atoms with Crippen LogP contribution in [0.1, 0.15) is 213 Å². The normalized spacial score (nSPS) is 30.8. The molecule has 0 amide bonds. The Morgan fingerprint density at radius 2 is 0.805 bits per heavy atom. The number of carbonyl (C=O) groups is 2. The van der Waals surface area contributed by atoms with Crippen molar-refractivity contribution in [3.05, 3.63) is 12.2 Å². The molecule has 1 aliphatic carbocycles.